The molecule has 4 aliphatic rings. The molecular weight excluding hydrogens is 316 g/mol. The summed E-state index contributed by atoms with van der Waals surface area (Å²) in [5, 5.41) is 0. The van der Waals surface area contributed by atoms with Crippen molar-refractivity contribution in [3.8, 4) is 5.75 Å². The maximum atomic E-state index is 5.24. The zero-order valence-electron chi connectivity index (χ0n) is 14.8. The lowest BCUT2D eigenvalue weighted by molar-refractivity contribution is 0.415. The maximum absolute atomic E-state index is 5.24. The summed E-state index contributed by atoms with van der Waals surface area (Å²) >= 11 is 0. The molecule has 1 atom stereocenters. The first-order valence-electron chi connectivity index (χ1n) is 9.08. The first-order valence-corrected chi connectivity index (χ1v) is 9.08. The second kappa shape index (κ2) is 6.03. The molecular formula is C25H20O. The summed E-state index contributed by atoms with van der Waals surface area (Å²) in [6.07, 6.45) is 23.6. The summed E-state index contributed by atoms with van der Waals surface area (Å²) in [4.78, 5) is 0. The Hall–Kier alpha value is -3.06. The van der Waals surface area contributed by atoms with Gasteiger partial charge < -0.3 is 4.74 Å². The minimum atomic E-state index is 0.415. The van der Waals surface area contributed by atoms with Crippen molar-refractivity contribution in [1.82, 2.24) is 0 Å². The van der Waals surface area contributed by atoms with Crippen molar-refractivity contribution in [1.29, 1.82) is 0 Å². The third-order valence-electron chi connectivity index (χ3n) is 5.51. The van der Waals surface area contributed by atoms with Gasteiger partial charge in [0.1, 0.15) is 5.75 Å². The van der Waals surface area contributed by atoms with E-state index in [1.165, 1.54) is 39.0 Å². The van der Waals surface area contributed by atoms with Gasteiger partial charge in [-0.2, -0.15) is 0 Å². The van der Waals surface area contributed by atoms with Gasteiger partial charge in [0.05, 0.1) is 7.11 Å². The van der Waals surface area contributed by atoms with Gasteiger partial charge in [-0.25, -0.2) is 0 Å². The van der Waals surface area contributed by atoms with Crippen LogP contribution in [0.3, 0.4) is 0 Å². The number of ether oxygens (including phenoxy) is 1. The van der Waals surface area contributed by atoms with E-state index in [0.29, 0.717) is 5.92 Å². The molecule has 0 radical (unpaired) electrons. The highest BCUT2D eigenvalue weighted by atomic mass is 16.5. The Kier molecular flexibility index (Phi) is 3.53. The molecule has 1 heteroatoms. The van der Waals surface area contributed by atoms with Crippen LogP contribution in [0.25, 0.3) is 6.08 Å². The first-order chi connectivity index (χ1) is 12.8. The first kappa shape index (κ1) is 15.2. The van der Waals surface area contributed by atoms with Crippen molar-refractivity contribution < 1.29 is 4.74 Å². The van der Waals surface area contributed by atoms with Crippen LogP contribution in [0.15, 0.2) is 112 Å². The zero-order chi connectivity index (χ0) is 17.5. The molecule has 0 spiro atoms. The lowest BCUT2D eigenvalue weighted by atomic mass is 9.67. The minimum absolute atomic E-state index is 0.415. The van der Waals surface area contributed by atoms with Crippen LogP contribution < -0.4 is 4.74 Å². The normalized spacial score (nSPS) is 22.6. The van der Waals surface area contributed by atoms with Crippen molar-refractivity contribution in [2.75, 3.05) is 7.11 Å². The summed E-state index contributed by atoms with van der Waals surface area (Å²) < 4.78 is 5.24. The maximum Gasteiger partial charge on any atom is 0.118 e. The average Bonchev–Trinajstić information content (AvgIpc) is 2.71. The van der Waals surface area contributed by atoms with Gasteiger partial charge in [-0.15, -0.1) is 0 Å². The Morgan fingerprint density at radius 2 is 1.77 bits per heavy atom. The van der Waals surface area contributed by atoms with E-state index in [2.05, 4.69) is 72.9 Å². The predicted molar refractivity (Wildman–Crippen MR) is 108 cm³/mol. The number of rotatable bonds is 3. The molecule has 5 rings (SSSR count). The third-order valence-corrected chi connectivity index (χ3v) is 5.51. The molecule has 0 aliphatic heterocycles. The molecule has 0 heterocycles. The summed E-state index contributed by atoms with van der Waals surface area (Å²) in [6.45, 7) is 0. The molecule has 0 fully saturated rings. The van der Waals surface area contributed by atoms with E-state index >= 15 is 0 Å². The number of allylic oxidation sites excluding steroid dienone is 15. The molecule has 1 aromatic rings. The molecule has 0 amide bonds. The lowest BCUT2D eigenvalue weighted by Gasteiger charge is -2.36. The van der Waals surface area contributed by atoms with Crippen LogP contribution in [0, 0.1) is 5.92 Å². The molecule has 0 bridgehead atoms. The molecule has 1 aromatic carbocycles. The Balaban J connectivity index is 1.51. The number of hydrogen-bond donors (Lipinski definition) is 0. The molecule has 0 saturated carbocycles. The van der Waals surface area contributed by atoms with Crippen molar-refractivity contribution >= 4 is 6.08 Å². The van der Waals surface area contributed by atoms with E-state index < -0.39 is 0 Å². The van der Waals surface area contributed by atoms with Crippen LogP contribution in [-0.2, 0) is 0 Å². The fourth-order valence-corrected chi connectivity index (χ4v) is 4.18. The van der Waals surface area contributed by atoms with E-state index in [9.17, 15) is 0 Å². The molecule has 126 valence electrons. The summed E-state index contributed by atoms with van der Waals surface area (Å²) in [5.41, 5.74) is 9.64. The average molecular weight is 336 g/mol. The smallest absolute Gasteiger partial charge is 0.118 e. The number of methoxy groups -OCH3 is 1. The Labute approximate surface area is 154 Å². The second-order valence-electron chi connectivity index (χ2n) is 6.95. The van der Waals surface area contributed by atoms with Crippen molar-refractivity contribution in [3.63, 3.8) is 0 Å². The van der Waals surface area contributed by atoms with E-state index in [-0.39, 0.29) is 0 Å². The molecule has 0 aromatic heterocycles. The highest BCUT2D eigenvalue weighted by Crippen LogP contribution is 2.48. The van der Waals surface area contributed by atoms with Crippen LogP contribution in [0.4, 0.5) is 0 Å². The van der Waals surface area contributed by atoms with Gasteiger partial charge >= 0.3 is 0 Å². The number of benzene rings is 1. The quantitative estimate of drug-likeness (QED) is 0.669. The zero-order valence-corrected chi connectivity index (χ0v) is 14.8. The second-order valence-corrected chi connectivity index (χ2v) is 6.95. The van der Waals surface area contributed by atoms with Crippen molar-refractivity contribution in [3.05, 3.63) is 118 Å². The molecule has 0 N–H and O–H groups in total. The third kappa shape index (κ3) is 2.40. The van der Waals surface area contributed by atoms with Crippen LogP contribution in [0.5, 0.6) is 5.75 Å². The lowest BCUT2D eigenvalue weighted by Crippen LogP contribution is -2.21. The fraction of sp³-hybridized carbons (Fsp3) is 0.120. The van der Waals surface area contributed by atoms with Crippen molar-refractivity contribution in [2.45, 2.75) is 6.42 Å². The Bertz CT molecular complexity index is 1010. The van der Waals surface area contributed by atoms with Gasteiger partial charge in [0, 0.05) is 5.92 Å². The fourth-order valence-electron chi connectivity index (χ4n) is 4.18. The predicted octanol–water partition coefficient (Wildman–Crippen LogP) is 5.88. The molecule has 1 nitrogen and oxygen atoms in total. The topological polar surface area (TPSA) is 9.23 Å². The van der Waals surface area contributed by atoms with Gasteiger partial charge in [-0.05, 0) is 57.6 Å². The van der Waals surface area contributed by atoms with Gasteiger partial charge in [0.2, 0.25) is 0 Å². The minimum Gasteiger partial charge on any atom is -0.497 e. The molecule has 4 aliphatic carbocycles. The summed E-state index contributed by atoms with van der Waals surface area (Å²) in [6, 6.07) is 8.18. The molecule has 0 saturated heterocycles. The monoisotopic (exact) mass is 336 g/mol. The van der Waals surface area contributed by atoms with Crippen LogP contribution in [0.2, 0.25) is 0 Å². The van der Waals surface area contributed by atoms with Crippen LogP contribution >= 0.6 is 0 Å². The van der Waals surface area contributed by atoms with E-state index in [1.807, 2.05) is 12.1 Å². The standard InChI is InChI=1S/C25H20O/c1-26-22-14-6-17(7-15-22)5-8-18-9-10-21-12-11-19-3-2-4-20-13-16-23(18)25(21)24(19)20/h2-9,11-16,24H,10H2,1H3/b8-5+. The molecule has 1 unspecified atom stereocenters. The summed E-state index contributed by atoms with van der Waals surface area (Å²) in [5.74, 6) is 1.30. The Morgan fingerprint density at radius 1 is 0.923 bits per heavy atom. The Morgan fingerprint density at radius 3 is 2.62 bits per heavy atom. The van der Waals surface area contributed by atoms with Crippen molar-refractivity contribution in [2.24, 2.45) is 5.92 Å². The largest absolute Gasteiger partial charge is 0.497 e. The van der Waals surface area contributed by atoms with E-state index in [1.54, 1.807) is 7.11 Å². The highest BCUT2D eigenvalue weighted by molar-refractivity contribution is 5.71. The van der Waals surface area contributed by atoms with Gasteiger partial charge in [-0.1, -0.05) is 72.9 Å². The highest BCUT2D eigenvalue weighted by Gasteiger charge is 2.33. The SMILES string of the molecule is COc1ccc(/C=C/C2=CCC3=CC=C4C=CC=C5C=CC2=C3C54)cc1. The summed E-state index contributed by atoms with van der Waals surface area (Å²) in [7, 11) is 1.70. The van der Waals surface area contributed by atoms with Gasteiger partial charge in [0.25, 0.3) is 0 Å². The number of hydrogen-bond acceptors (Lipinski definition) is 1. The molecule has 26 heavy (non-hydrogen) atoms. The van der Waals surface area contributed by atoms with Gasteiger partial charge in [-0.3, -0.25) is 0 Å². The van der Waals surface area contributed by atoms with Crippen LogP contribution in [0.1, 0.15) is 12.0 Å². The van der Waals surface area contributed by atoms with E-state index in [0.717, 1.165) is 12.2 Å². The van der Waals surface area contributed by atoms with E-state index in [4.69, 9.17) is 4.74 Å². The van der Waals surface area contributed by atoms with Crippen LogP contribution in [-0.4, -0.2) is 7.11 Å². The van der Waals surface area contributed by atoms with Gasteiger partial charge in [0.15, 0.2) is 0 Å².